The topological polar surface area (TPSA) is 0 Å². The summed E-state index contributed by atoms with van der Waals surface area (Å²) in [5.74, 6) is 0. The molecule has 0 nitrogen and oxygen atoms in total. The Bertz CT molecular complexity index is 1230. The van der Waals surface area contributed by atoms with Gasteiger partial charge in [-0.05, 0) is 45.8 Å². The number of hydrogen-bond donors (Lipinski definition) is 2. The number of thiol groups is 2. The standard InChI is InChI=1S/C26H22S3/c1-25(13-5-8-17-6-3-4-7-18(17)16-25)26(2)21-11-9-19(27)14-23(21)29-24-15-20(28)10-12-22(24)26/h3-16,27-28H,1-2H3. The van der Waals surface area contributed by atoms with Crippen molar-refractivity contribution in [1.82, 2.24) is 0 Å². The fourth-order valence-electron chi connectivity index (χ4n) is 4.69. The maximum absolute atomic E-state index is 4.61. The Morgan fingerprint density at radius 2 is 1.34 bits per heavy atom. The van der Waals surface area contributed by atoms with E-state index in [1.165, 1.54) is 31.4 Å². The number of hydrogen-bond acceptors (Lipinski definition) is 3. The molecule has 1 aliphatic heterocycles. The van der Waals surface area contributed by atoms with Crippen LogP contribution in [0.4, 0.5) is 0 Å². The molecule has 1 unspecified atom stereocenters. The van der Waals surface area contributed by atoms with Gasteiger partial charge in [0.15, 0.2) is 0 Å². The predicted octanol–water partition coefficient (Wildman–Crippen LogP) is 5.87. The van der Waals surface area contributed by atoms with Gasteiger partial charge in [0.05, 0.1) is 0 Å². The van der Waals surface area contributed by atoms with Gasteiger partial charge in [-0.2, -0.15) is 0 Å². The SMILES string of the molecule is CC1(C2(C)c3ccc(S)cc3Sc3cc(S)ccc32)C=CC=c2ccccc2=C1. The molecule has 0 fully saturated rings. The van der Waals surface area contributed by atoms with Crippen LogP contribution >= 0.6 is 37.0 Å². The first-order valence-electron chi connectivity index (χ1n) is 9.73. The molecule has 2 aliphatic rings. The second kappa shape index (κ2) is 6.87. The van der Waals surface area contributed by atoms with Crippen LogP contribution in [0.3, 0.4) is 0 Å². The summed E-state index contributed by atoms with van der Waals surface area (Å²) < 4.78 is 0. The van der Waals surface area contributed by atoms with E-state index >= 15 is 0 Å². The van der Waals surface area contributed by atoms with Gasteiger partial charge >= 0.3 is 0 Å². The highest BCUT2D eigenvalue weighted by atomic mass is 32.2. The minimum Gasteiger partial charge on any atom is -0.143 e. The molecule has 0 radical (unpaired) electrons. The van der Waals surface area contributed by atoms with Crippen molar-refractivity contribution in [2.75, 3.05) is 0 Å². The summed E-state index contributed by atoms with van der Waals surface area (Å²) in [6.45, 7) is 4.74. The average Bonchev–Trinajstić information content (AvgIpc) is 2.86. The molecule has 0 N–H and O–H groups in total. The summed E-state index contributed by atoms with van der Waals surface area (Å²) in [5, 5.41) is 2.54. The highest BCUT2D eigenvalue weighted by Gasteiger charge is 2.48. The lowest BCUT2D eigenvalue weighted by atomic mass is 9.58. The van der Waals surface area contributed by atoms with Crippen LogP contribution in [0.1, 0.15) is 25.0 Å². The largest absolute Gasteiger partial charge is 0.143 e. The van der Waals surface area contributed by atoms with Gasteiger partial charge in [-0.15, -0.1) is 25.3 Å². The van der Waals surface area contributed by atoms with Crippen molar-refractivity contribution in [3.8, 4) is 0 Å². The van der Waals surface area contributed by atoms with Crippen LogP contribution in [-0.4, -0.2) is 0 Å². The first-order valence-corrected chi connectivity index (χ1v) is 11.4. The Labute approximate surface area is 187 Å². The Morgan fingerprint density at radius 3 is 1.97 bits per heavy atom. The molecule has 0 saturated carbocycles. The van der Waals surface area contributed by atoms with Gasteiger partial charge < -0.3 is 0 Å². The predicted molar refractivity (Wildman–Crippen MR) is 130 cm³/mol. The van der Waals surface area contributed by atoms with E-state index in [0.717, 1.165) is 9.79 Å². The lowest BCUT2D eigenvalue weighted by molar-refractivity contribution is 0.348. The van der Waals surface area contributed by atoms with Crippen molar-refractivity contribution in [2.24, 2.45) is 5.41 Å². The van der Waals surface area contributed by atoms with E-state index in [4.69, 9.17) is 0 Å². The van der Waals surface area contributed by atoms with Crippen LogP contribution < -0.4 is 10.4 Å². The Hall–Kier alpha value is -1.81. The van der Waals surface area contributed by atoms with E-state index < -0.39 is 0 Å². The van der Waals surface area contributed by atoms with E-state index in [2.05, 4.69) is 124 Å². The number of rotatable bonds is 1. The highest BCUT2D eigenvalue weighted by Crippen LogP contribution is 2.58. The molecule has 0 saturated heterocycles. The van der Waals surface area contributed by atoms with E-state index in [9.17, 15) is 0 Å². The Balaban J connectivity index is 1.86. The Kier molecular flexibility index (Phi) is 4.54. The highest BCUT2D eigenvalue weighted by molar-refractivity contribution is 7.99. The normalized spacial score (nSPS) is 21.1. The van der Waals surface area contributed by atoms with Crippen LogP contribution in [-0.2, 0) is 5.41 Å². The molecule has 5 rings (SSSR count). The van der Waals surface area contributed by atoms with Crippen molar-refractivity contribution in [3.63, 3.8) is 0 Å². The molecule has 1 heterocycles. The molecule has 3 aromatic carbocycles. The molecule has 0 amide bonds. The second-order valence-electron chi connectivity index (χ2n) is 8.17. The zero-order valence-corrected chi connectivity index (χ0v) is 19.0. The van der Waals surface area contributed by atoms with Crippen LogP contribution in [0.15, 0.2) is 92.4 Å². The molecule has 1 atom stereocenters. The van der Waals surface area contributed by atoms with Crippen molar-refractivity contribution < 1.29 is 0 Å². The molecule has 144 valence electrons. The van der Waals surface area contributed by atoms with Crippen LogP contribution in [0.5, 0.6) is 0 Å². The average molecular weight is 431 g/mol. The van der Waals surface area contributed by atoms with Gasteiger partial charge in [0.2, 0.25) is 0 Å². The second-order valence-corrected chi connectivity index (χ2v) is 10.3. The molecule has 0 bridgehead atoms. The summed E-state index contributed by atoms with van der Waals surface area (Å²) >= 11 is 11.0. The third-order valence-corrected chi connectivity index (χ3v) is 8.15. The first-order chi connectivity index (χ1) is 13.9. The van der Waals surface area contributed by atoms with E-state index in [-0.39, 0.29) is 10.8 Å². The number of fused-ring (bicyclic) bond motifs is 3. The molecule has 0 aromatic heterocycles. The molecule has 1 aliphatic carbocycles. The summed E-state index contributed by atoms with van der Waals surface area (Å²) in [4.78, 5) is 4.54. The summed E-state index contributed by atoms with van der Waals surface area (Å²) in [7, 11) is 0. The molecular weight excluding hydrogens is 408 g/mol. The van der Waals surface area contributed by atoms with Gasteiger partial charge in [0.25, 0.3) is 0 Å². The van der Waals surface area contributed by atoms with E-state index in [1.807, 2.05) is 11.8 Å². The molecule has 3 heteroatoms. The zero-order chi connectivity index (χ0) is 20.2. The summed E-state index contributed by atoms with van der Waals surface area (Å²) in [6.07, 6.45) is 9.23. The summed E-state index contributed by atoms with van der Waals surface area (Å²) in [6, 6.07) is 21.8. The van der Waals surface area contributed by atoms with Gasteiger partial charge in [-0.3, -0.25) is 0 Å². The monoisotopic (exact) mass is 430 g/mol. The van der Waals surface area contributed by atoms with E-state index in [0.29, 0.717) is 0 Å². The smallest absolute Gasteiger partial charge is 0.0320 e. The van der Waals surface area contributed by atoms with E-state index in [1.54, 1.807) is 0 Å². The van der Waals surface area contributed by atoms with Crippen LogP contribution in [0.25, 0.3) is 12.2 Å². The lowest BCUT2D eigenvalue weighted by Crippen LogP contribution is -2.43. The van der Waals surface area contributed by atoms with Crippen LogP contribution in [0, 0.1) is 5.41 Å². The Morgan fingerprint density at radius 1 is 0.759 bits per heavy atom. The van der Waals surface area contributed by atoms with Crippen molar-refractivity contribution in [3.05, 3.63) is 94.4 Å². The van der Waals surface area contributed by atoms with Crippen molar-refractivity contribution in [2.45, 2.75) is 38.8 Å². The molecule has 29 heavy (non-hydrogen) atoms. The van der Waals surface area contributed by atoms with Gasteiger partial charge in [0.1, 0.15) is 0 Å². The molecule has 3 aromatic rings. The number of benzene rings is 3. The maximum Gasteiger partial charge on any atom is 0.0320 e. The minimum atomic E-state index is -0.229. The quantitative estimate of drug-likeness (QED) is 0.455. The lowest BCUT2D eigenvalue weighted by Gasteiger charge is -2.48. The van der Waals surface area contributed by atoms with Gasteiger partial charge in [0, 0.05) is 30.4 Å². The van der Waals surface area contributed by atoms with Gasteiger partial charge in [-0.1, -0.05) is 86.3 Å². The minimum absolute atomic E-state index is 0.211. The van der Waals surface area contributed by atoms with Crippen molar-refractivity contribution in [1.29, 1.82) is 0 Å². The van der Waals surface area contributed by atoms with Crippen LogP contribution in [0.2, 0.25) is 0 Å². The van der Waals surface area contributed by atoms with Gasteiger partial charge in [-0.25, -0.2) is 0 Å². The zero-order valence-electron chi connectivity index (χ0n) is 16.4. The first kappa shape index (κ1) is 19.2. The fraction of sp³-hybridized carbons (Fsp3) is 0.154. The fourth-order valence-corrected chi connectivity index (χ4v) is 6.64. The molecule has 0 spiro atoms. The summed E-state index contributed by atoms with van der Waals surface area (Å²) in [5.41, 5.74) is 2.26. The molecular formula is C26H22S3. The number of allylic oxidation sites excluding steroid dienone is 2. The van der Waals surface area contributed by atoms with Crippen molar-refractivity contribution >= 4 is 49.2 Å². The third-order valence-electron chi connectivity index (χ3n) is 6.47. The third kappa shape index (κ3) is 2.94. The maximum atomic E-state index is 4.61.